The van der Waals surface area contributed by atoms with E-state index in [-0.39, 0.29) is 18.4 Å². The fourth-order valence-corrected chi connectivity index (χ4v) is 2.51. The number of benzene rings is 1. The Balaban J connectivity index is 1.97. The topological polar surface area (TPSA) is 66.6 Å². The Morgan fingerprint density at radius 3 is 2.67 bits per heavy atom. The Kier molecular flexibility index (Phi) is 5.75. The average Bonchev–Trinajstić information content (AvgIpc) is 2.89. The van der Waals surface area contributed by atoms with Gasteiger partial charge < -0.3 is 15.5 Å². The van der Waals surface area contributed by atoms with Crippen molar-refractivity contribution < 1.29 is 9.59 Å². The van der Waals surface area contributed by atoms with Crippen LogP contribution in [-0.4, -0.2) is 47.8 Å². The van der Waals surface area contributed by atoms with Gasteiger partial charge >= 0.3 is 0 Å². The van der Waals surface area contributed by atoms with Crippen LogP contribution in [0.1, 0.15) is 24.8 Å². The van der Waals surface area contributed by atoms with Crippen LogP contribution in [0.2, 0.25) is 0 Å². The second kappa shape index (κ2) is 7.78. The van der Waals surface area contributed by atoms with Crippen LogP contribution in [0.25, 0.3) is 0 Å². The highest BCUT2D eigenvalue weighted by Gasteiger charge is 2.24. The lowest BCUT2D eigenvalue weighted by molar-refractivity contribution is -0.138. The van der Waals surface area contributed by atoms with E-state index in [2.05, 4.69) is 0 Å². The molecule has 0 atom stereocenters. The number of nitrogens with zero attached hydrogens (tertiary/aromatic N) is 2. The van der Waals surface area contributed by atoms with Crippen LogP contribution >= 0.6 is 0 Å². The lowest BCUT2D eigenvalue weighted by Gasteiger charge is -2.25. The van der Waals surface area contributed by atoms with Crippen molar-refractivity contribution in [2.75, 3.05) is 26.2 Å². The molecule has 1 heterocycles. The number of hydrogen-bond acceptors (Lipinski definition) is 3. The first-order valence-electron chi connectivity index (χ1n) is 7.50. The van der Waals surface area contributed by atoms with E-state index in [0.717, 1.165) is 18.4 Å². The van der Waals surface area contributed by atoms with Gasteiger partial charge in [0.25, 0.3) is 0 Å². The second-order valence-corrected chi connectivity index (χ2v) is 5.36. The third-order valence-corrected chi connectivity index (χ3v) is 3.70. The minimum atomic E-state index is 0.00236. The monoisotopic (exact) mass is 289 g/mol. The van der Waals surface area contributed by atoms with E-state index < -0.39 is 0 Å². The van der Waals surface area contributed by atoms with Crippen LogP contribution in [0.15, 0.2) is 30.3 Å². The van der Waals surface area contributed by atoms with Crippen molar-refractivity contribution in [2.45, 2.75) is 25.8 Å². The van der Waals surface area contributed by atoms with Gasteiger partial charge in [-0.2, -0.15) is 0 Å². The van der Waals surface area contributed by atoms with Gasteiger partial charge in [0.1, 0.15) is 0 Å². The van der Waals surface area contributed by atoms with Crippen LogP contribution in [-0.2, 0) is 16.1 Å². The third kappa shape index (κ3) is 4.56. The number of carbonyl (C=O) groups excluding carboxylic acids is 2. The minimum Gasteiger partial charge on any atom is -0.337 e. The SMILES string of the molecule is NCCCN(Cc1ccccc1)C(=O)CN1CCCC1=O. The summed E-state index contributed by atoms with van der Waals surface area (Å²) in [7, 11) is 0. The molecule has 2 N–H and O–H groups in total. The molecule has 1 aromatic carbocycles. The molecule has 5 nitrogen and oxygen atoms in total. The lowest BCUT2D eigenvalue weighted by atomic mass is 10.2. The molecule has 0 spiro atoms. The van der Waals surface area contributed by atoms with Crippen molar-refractivity contribution in [1.82, 2.24) is 9.80 Å². The van der Waals surface area contributed by atoms with Crippen LogP contribution in [0.3, 0.4) is 0 Å². The van der Waals surface area contributed by atoms with E-state index in [1.807, 2.05) is 30.3 Å². The zero-order valence-electron chi connectivity index (χ0n) is 12.3. The Bertz CT molecular complexity index is 476. The van der Waals surface area contributed by atoms with E-state index in [1.165, 1.54) is 0 Å². The van der Waals surface area contributed by atoms with E-state index in [0.29, 0.717) is 32.6 Å². The molecular weight excluding hydrogens is 266 g/mol. The summed E-state index contributed by atoms with van der Waals surface area (Å²) in [5.74, 6) is 0.0874. The molecule has 1 aliphatic heterocycles. The summed E-state index contributed by atoms with van der Waals surface area (Å²) in [5, 5.41) is 0. The highest BCUT2D eigenvalue weighted by molar-refractivity contribution is 5.85. The van der Waals surface area contributed by atoms with Crippen LogP contribution < -0.4 is 5.73 Å². The summed E-state index contributed by atoms with van der Waals surface area (Å²) >= 11 is 0. The Morgan fingerprint density at radius 2 is 2.05 bits per heavy atom. The standard InChI is InChI=1S/C16H23N3O2/c17-9-5-11-18(12-14-6-2-1-3-7-14)16(21)13-19-10-4-8-15(19)20/h1-3,6-7H,4-5,8-13,17H2. The van der Waals surface area contributed by atoms with Crippen molar-refractivity contribution in [3.63, 3.8) is 0 Å². The lowest BCUT2D eigenvalue weighted by Crippen LogP contribution is -2.41. The summed E-state index contributed by atoms with van der Waals surface area (Å²) in [5.41, 5.74) is 6.65. The molecule has 0 unspecified atom stereocenters. The fraction of sp³-hybridized carbons (Fsp3) is 0.500. The molecule has 0 bridgehead atoms. The molecule has 1 saturated heterocycles. The number of likely N-dealkylation sites (tertiary alicyclic amines) is 1. The maximum atomic E-state index is 12.4. The summed E-state index contributed by atoms with van der Waals surface area (Å²) in [6.07, 6.45) is 2.19. The van der Waals surface area contributed by atoms with Gasteiger partial charge in [-0.15, -0.1) is 0 Å². The fourth-order valence-electron chi connectivity index (χ4n) is 2.51. The predicted octanol–water partition coefficient (Wildman–Crippen LogP) is 0.986. The molecule has 1 fully saturated rings. The Labute approximate surface area is 125 Å². The van der Waals surface area contributed by atoms with Crippen molar-refractivity contribution in [3.8, 4) is 0 Å². The van der Waals surface area contributed by atoms with Gasteiger partial charge in [0.2, 0.25) is 11.8 Å². The van der Waals surface area contributed by atoms with Gasteiger partial charge in [-0.25, -0.2) is 0 Å². The average molecular weight is 289 g/mol. The van der Waals surface area contributed by atoms with Crippen molar-refractivity contribution in [2.24, 2.45) is 5.73 Å². The molecular formula is C16H23N3O2. The normalized spacial score (nSPS) is 14.5. The van der Waals surface area contributed by atoms with Crippen LogP contribution in [0, 0.1) is 0 Å². The summed E-state index contributed by atoms with van der Waals surface area (Å²) in [6, 6.07) is 9.89. The summed E-state index contributed by atoms with van der Waals surface area (Å²) < 4.78 is 0. The van der Waals surface area contributed by atoms with Gasteiger partial charge in [-0.1, -0.05) is 30.3 Å². The summed E-state index contributed by atoms with van der Waals surface area (Å²) in [6.45, 7) is 2.64. The van der Waals surface area contributed by atoms with Crippen LogP contribution in [0.4, 0.5) is 0 Å². The van der Waals surface area contributed by atoms with Gasteiger partial charge in [-0.05, 0) is 24.9 Å². The van der Waals surface area contributed by atoms with Crippen molar-refractivity contribution in [1.29, 1.82) is 0 Å². The van der Waals surface area contributed by atoms with Gasteiger partial charge in [0, 0.05) is 26.1 Å². The Morgan fingerprint density at radius 1 is 1.29 bits per heavy atom. The maximum Gasteiger partial charge on any atom is 0.242 e. The highest BCUT2D eigenvalue weighted by atomic mass is 16.2. The first kappa shape index (κ1) is 15.5. The molecule has 0 aromatic heterocycles. The predicted molar refractivity (Wildman–Crippen MR) is 81.3 cm³/mol. The number of rotatable bonds is 7. The first-order valence-corrected chi connectivity index (χ1v) is 7.50. The molecule has 114 valence electrons. The highest BCUT2D eigenvalue weighted by Crippen LogP contribution is 2.11. The van der Waals surface area contributed by atoms with E-state index in [1.54, 1.807) is 9.80 Å². The zero-order chi connectivity index (χ0) is 15.1. The molecule has 5 heteroatoms. The smallest absolute Gasteiger partial charge is 0.242 e. The molecule has 21 heavy (non-hydrogen) atoms. The van der Waals surface area contributed by atoms with Gasteiger partial charge in [0.05, 0.1) is 6.54 Å². The maximum absolute atomic E-state index is 12.4. The van der Waals surface area contributed by atoms with E-state index in [4.69, 9.17) is 5.73 Å². The van der Waals surface area contributed by atoms with Crippen LogP contribution in [0.5, 0.6) is 0 Å². The first-order chi connectivity index (χ1) is 10.2. The summed E-state index contributed by atoms with van der Waals surface area (Å²) in [4.78, 5) is 27.5. The molecule has 0 radical (unpaired) electrons. The Hall–Kier alpha value is -1.88. The molecule has 0 aliphatic carbocycles. The zero-order valence-corrected chi connectivity index (χ0v) is 12.3. The van der Waals surface area contributed by atoms with Gasteiger partial charge in [0.15, 0.2) is 0 Å². The van der Waals surface area contributed by atoms with E-state index >= 15 is 0 Å². The number of carbonyl (C=O) groups is 2. The number of hydrogen-bond donors (Lipinski definition) is 1. The van der Waals surface area contributed by atoms with E-state index in [9.17, 15) is 9.59 Å². The number of amides is 2. The molecule has 1 aliphatic rings. The minimum absolute atomic E-state index is 0.00236. The molecule has 2 amide bonds. The number of nitrogens with two attached hydrogens (primary N) is 1. The van der Waals surface area contributed by atoms with Gasteiger partial charge in [-0.3, -0.25) is 9.59 Å². The largest absolute Gasteiger partial charge is 0.337 e. The van der Waals surface area contributed by atoms with Crippen molar-refractivity contribution in [3.05, 3.63) is 35.9 Å². The third-order valence-electron chi connectivity index (χ3n) is 3.70. The quantitative estimate of drug-likeness (QED) is 0.814. The second-order valence-electron chi connectivity index (χ2n) is 5.36. The molecule has 1 aromatic rings. The molecule has 2 rings (SSSR count). The molecule has 0 saturated carbocycles. The van der Waals surface area contributed by atoms with Crippen molar-refractivity contribution >= 4 is 11.8 Å².